The fourth-order valence-electron chi connectivity index (χ4n) is 1.33. The van der Waals surface area contributed by atoms with E-state index in [1.54, 1.807) is 13.3 Å². The van der Waals surface area contributed by atoms with Gasteiger partial charge in [0.2, 0.25) is 0 Å². The molecule has 1 nitrogen and oxygen atoms in total. The minimum absolute atomic E-state index is 0.0833. The van der Waals surface area contributed by atoms with Crippen LogP contribution in [0.15, 0.2) is 18.2 Å². The van der Waals surface area contributed by atoms with Crippen LogP contribution in [0.5, 0.6) is 0 Å². The molecule has 0 bridgehead atoms. The Bertz CT molecular complexity index is 483. The Morgan fingerprint density at radius 2 is 1.26 bits per heavy atom. The van der Waals surface area contributed by atoms with Crippen molar-refractivity contribution in [3.8, 4) is 0 Å². The number of hydrogen-bond acceptors (Lipinski definition) is 1. The average molecular weight is 321 g/mol. The Morgan fingerprint density at radius 3 is 1.53 bits per heavy atom. The number of nitrogens with one attached hydrogen (secondary N) is 1. The number of anilines is 1. The number of halogens is 6. The molecule has 0 heterocycles. The van der Waals surface area contributed by atoms with E-state index in [2.05, 4.69) is 5.09 Å². The maximum absolute atomic E-state index is 12.6. The standard InChI is InChI=1S/C10H10F6NPS/c1-18(2,19)17-8-4-6(9(11,12)13)3-7(5-8)10(14,15)16/h3-5H,1-2H3,(H,17,19). The Morgan fingerprint density at radius 1 is 0.895 bits per heavy atom. The third-order valence-electron chi connectivity index (χ3n) is 1.99. The first-order valence-corrected chi connectivity index (χ1v) is 8.61. The molecule has 0 fully saturated rings. The summed E-state index contributed by atoms with van der Waals surface area (Å²) in [5.74, 6) is 0. The summed E-state index contributed by atoms with van der Waals surface area (Å²) in [6.45, 7) is 3.13. The summed E-state index contributed by atoms with van der Waals surface area (Å²) in [6.07, 6.45) is -11.9. The molecule has 1 rings (SSSR count). The molecule has 0 aliphatic carbocycles. The van der Waals surface area contributed by atoms with Crippen molar-refractivity contribution in [1.82, 2.24) is 0 Å². The third-order valence-corrected chi connectivity index (χ3v) is 3.06. The second-order valence-corrected chi connectivity index (χ2v) is 9.92. The molecule has 0 radical (unpaired) electrons. The molecule has 1 aromatic rings. The zero-order chi connectivity index (χ0) is 15.1. The molecule has 1 aromatic carbocycles. The van der Waals surface area contributed by atoms with E-state index >= 15 is 0 Å². The van der Waals surface area contributed by atoms with Gasteiger partial charge in [-0.3, -0.25) is 0 Å². The first kappa shape index (κ1) is 16.3. The van der Waals surface area contributed by atoms with Gasteiger partial charge in [0.25, 0.3) is 0 Å². The number of alkyl halides is 6. The largest absolute Gasteiger partial charge is 0.416 e. The van der Waals surface area contributed by atoms with Gasteiger partial charge in [0.1, 0.15) is 0 Å². The van der Waals surface area contributed by atoms with Crippen LogP contribution in [-0.2, 0) is 24.2 Å². The van der Waals surface area contributed by atoms with E-state index in [1.807, 2.05) is 0 Å². The van der Waals surface area contributed by atoms with Crippen molar-refractivity contribution in [2.24, 2.45) is 0 Å². The van der Waals surface area contributed by atoms with Crippen LogP contribution < -0.4 is 5.09 Å². The average Bonchev–Trinajstić information content (AvgIpc) is 2.11. The van der Waals surface area contributed by atoms with Gasteiger partial charge in [-0.05, 0) is 31.5 Å². The lowest BCUT2D eigenvalue weighted by molar-refractivity contribution is -0.143. The topological polar surface area (TPSA) is 12.0 Å². The Balaban J connectivity index is 3.37. The van der Waals surface area contributed by atoms with E-state index in [1.165, 1.54) is 0 Å². The monoisotopic (exact) mass is 321 g/mol. The van der Waals surface area contributed by atoms with Crippen molar-refractivity contribution in [2.75, 3.05) is 18.4 Å². The highest BCUT2D eigenvalue weighted by Crippen LogP contribution is 2.42. The molecule has 9 heteroatoms. The van der Waals surface area contributed by atoms with Crippen molar-refractivity contribution in [1.29, 1.82) is 0 Å². The normalized spacial score (nSPS) is 13.5. The quantitative estimate of drug-likeness (QED) is 0.621. The third kappa shape index (κ3) is 5.03. The molecule has 0 aliphatic heterocycles. The molecule has 1 N–H and O–H groups in total. The highest BCUT2D eigenvalue weighted by molar-refractivity contribution is 8.14. The molecule has 19 heavy (non-hydrogen) atoms. The number of hydrogen-bond donors (Lipinski definition) is 1. The highest BCUT2D eigenvalue weighted by Gasteiger charge is 2.37. The van der Waals surface area contributed by atoms with Gasteiger partial charge in [-0.1, -0.05) is 11.8 Å². The SMILES string of the molecule is CP(C)(=S)Nc1cc(C(F)(F)F)cc(C(F)(F)F)c1. The van der Waals surface area contributed by atoms with Gasteiger partial charge in [0, 0.05) is 11.9 Å². The molecule has 0 amide bonds. The zero-order valence-corrected chi connectivity index (χ0v) is 11.6. The lowest BCUT2D eigenvalue weighted by atomic mass is 10.1. The molecule has 0 unspecified atom stereocenters. The van der Waals surface area contributed by atoms with Gasteiger partial charge in [-0.15, -0.1) is 0 Å². The highest BCUT2D eigenvalue weighted by atomic mass is 32.4. The minimum Gasteiger partial charge on any atom is -0.358 e. The van der Waals surface area contributed by atoms with Crippen LogP contribution >= 0.6 is 6.19 Å². The smallest absolute Gasteiger partial charge is 0.358 e. The predicted octanol–water partition coefficient (Wildman–Crippen LogP) is 4.79. The summed E-state index contributed by atoms with van der Waals surface area (Å²) < 4.78 is 75.3. The lowest BCUT2D eigenvalue weighted by Gasteiger charge is -2.18. The lowest BCUT2D eigenvalue weighted by Crippen LogP contribution is -2.11. The van der Waals surface area contributed by atoms with Crippen LogP contribution in [-0.4, -0.2) is 13.3 Å². The number of benzene rings is 1. The molecule has 0 atom stereocenters. The van der Waals surface area contributed by atoms with Crippen LogP contribution in [0.3, 0.4) is 0 Å². The molecule has 0 aromatic heterocycles. The second kappa shape index (κ2) is 4.98. The van der Waals surface area contributed by atoms with E-state index in [9.17, 15) is 26.3 Å². The van der Waals surface area contributed by atoms with Crippen molar-refractivity contribution < 1.29 is 26.3 Å². The molecular weight excluding hydrogens is 311 g/mol. The van der Waals surface area contributed by atoms with Crippen LogP contribution in [0.4, 0.5) is 32.0 Å². The Kier molecular flexibility index (Phi) is 4.27. The van der Waals surface area contributed by atoms with Crippen molar-refractivity contribution in [3.63, 3.8) is 0 Å². The van der Waals surface area contributed by atoms with Crippen LogP contribution in [0.25, 0.3) is 0 Å². The first-order chi connectivity index (χ1) is 8.29. The molecule has 0 saturated heterocycles. The molecule has 0 saturated carbocycles. The van der Waals surface area contributed by atoms with Gasteiger partial charge >= 0.3 is 12.4 Å². The molecular formula is C10H10F6NPS. The summed E-state index contributed by atoms with van der Waals surface area (Å²) in [4.78, 5) is 0. The fourth-order valence-corrected chi connectivity index (χ4v) is 2.40. The van der Waals surface area contributed by atoms with Crippen molar-refractivity contribution in [2.45, 2.75) is 12.4 Å². The maximum atomic E-state index is 12.6. The summed E-state index contributed by atoms with van der Waals surface area (Å²) in [7, 11) is 0. The Hall–Kier alpha value is -0.750. The zero-order valence-electron chi connectivity index (χ0n) is 9.86. The van der Waals surface area contributed by atoms with Gasteiger partial charge in [0.05, 0.1) is 11.1 Å². The molecule has 0 aliphatic rings. The fraction of sp³-hybridized carbons (Fsp3) is 0.400. The van der Waals surface area contributed by atoms with Crippen LogP contribution in [0.2, 0.25) is 0 Å². The Labute approximate surface area is 111 Å². The van der Waals surface area contributed by atoms with Gasteiger partial charge in [-0.2, -0.15) is 26.3 Å². The van der Waals surface area contributed by atoms with Crippen LogP contribution in [0.1, 0.15) is 11.1 Å². The first-order valence-electron chi connectivity index (χ1n) is 4.92. The second-order valence-electron chi connectivity index (χ2n) is 4.26. The van der Waals surface area contributed by atoms with E-state index in [4.69, 9.17) is 11.8 Å². The van der Waals surface area contributed by atoms with Crippen molar-refractivity contribution >= 4 is 23.7 Å². The van der Waals surface area contributed by atoms with E-state index in [-0.39, 0.29) is 11.8 Å². The number of rotatable bonds is 2. The maximum Gasteiger partial charge on any atom is 0.416 e. The van der Waals surface area contributed by atoms with Crippen molar-refractivity contribution in [3.05, 3.63) is 29.3 Å². The van der Waals surface area contributed by atoms with Gasteiger partial charge in [0.15, 0.2) is 0 Å². The summed E-state index contributed by atoms with van der Waals surface area (Å²) in [5.41, 5.74) is -2.97. The van der Waals surface area contributed by atoms with Crippen LogP contribution in [0, 0.1) is 0 Å². The minimum atomic E-state index is -4.85. The van der Waals surface area contributed by atoms with E-state index in [0.29, 0.717) is 12.1 Å². The predicted molar refractivity (Wildman–Crippen MR) is 66.2 cm³/mol. The summed E-state index contributed by atoms with van der Waals surface area (Å²) in [5, 5.41) is 2.53. The molecule has 108 valence electrons. The summed E-state index contributed by atoms with van der Waals surface area (Å²) in [6, 6.07) is 1.34. The van der Waals surface area contributed by atoms with E-state index < -0.39 is 29.7 Å². The van der Waals surface area contributed by atoms with Gasteiger partial charge in [-0.25, -0.2) is 0 Å². The van der Waals surface area contributed by atoms with E-state index in [0.717, 1.165) is 0 Å². The van der Waals surface area contributed by atoms with Gasteiger partial charge < -0.3 is 5.09 Å². The molecule has 0 spiro atoms. The summed E-state index contributed by atoms with van der Waals surface area (Å²) >= 11 is 4.98.